The first kappa shape index (κ1) is 14.2. The van der Waals surface area contributed by atoms with Crippen LogP contribution < -0.4 is 11.5 Å². The van der Waals surface area contributed by atoms with Gasteiger partial charge in [0.2, 0.25) is 0 Å². The lowest BCUT2D eigenvalue weighted by molar-refractivity contribution is 0.0978. The minimum absolute atomic E-state index is 0.0124. The number of rotatable bonds is 1. The number of fused-ring (bicyclic) bond motifs is 2. The van der Waals surface area contributed by atoms with Gasteiger partial charge in [-0.25, -0.2) is 0 Å². The van der Waals surface area contributed by atoms with Crippen LogP contribution in [0, 0.1) is 0 Å². The van der Waals surface area contributed by atoms with Gasteiger partial charge in [-0.1, -0.05) is 12.1 Å². The zero-order valence-electron chi connectivity index (χ0n) is 11.0. The molecule has 0 fully saturated rings. The Balaban J connectivity index is 2.45. The third-order valence-electron chi connectivity index (χ3n) is 3.50. The fourth-order valence-corrected chi connectivity index (χ4v) is 3.26. The molecule has 0 saturated carbocycles. The van der Waals surface area contributed by atoms with E-state index in [2.05, 4.69) is 0 Å². The van der Waals surface area contributed by atoms with Crippen molar-refractivity contribution >= 4 is 33.1 Å². The minimum Gasteiger partial charge on any atom is -0.398 e. The number of hydrogen-bond donors (Lipinski definition) is 3. The van der Waals surface area contributed by atoms with E-state index < -0.39 is 26.6 Å². The van der Waals surface area contributed by atoms with Crippen LogP contribution in [0.4, 0.5) is 11.4 Å². The Labute approximate surface area is 125 Å². The summed E-state index contributed by atoms with van der Waals surface area (Å²) in [5.41, 5.74) is 10.9. The van der Waals surface area contributed by atoms with Crippen LogP contribution in [-0.2, 0) is 10.1 Å². The van der Waals surface area contributed by atoms with Gasteiger partial charge in [0.15, 0.2) is 11.6 Å². The molecule has 7 nitrogen and oxygen atoms in total. The van der Waals surface area contributed by atoms with Gasteiger partial charge < -0.3 is 11.5 Å². The molecule has 0 heterocycles. The van der Waals surface area contributed by atoms with E-state index in [0.717, 1.165) is 6.07 Å². The predicted molar refractivity (Wildman–Crippen MR) is 78.4 cm³/mol. The molecule has 1 aliphatic rings. The lowest BCUT2D eigenvalue weighted by Crippen LogP contribution is -2.26. The summed E-state index contributed by atoms with van der Waals surface area (Å²) in [6.45, 7) is 0. The van der Waals surface area contributed by atoms with Crippen molar-refractivity contribution in [3.05, 3.63) is 52.6 Å². The van der Waals surface area contributed by atoms with Crippen molar-refractivity contribution in [2.45, 2.75) is 4.90 Å². The molecule has 0 radical (unpaired) electrons. The maximum Gasteiger partial charge on any atom is 0.295 e. The number of hydrogen-bond acceptors (Lipinski definition) is 6. The highest BCUT2D eigenvalue weighted by atomic mass is 32.2. The zero-order valence-corrected chi connectivity index (χ0v) is 11.8. The molecule has 0 aliphatic heterocycles. The number of anilines is 2. The second kappa shape index (κ2) is 4.39. The Hall–Kier alpha value is -2.71. The molecule has 0 atom stereocenters. The zero-order chi connectivity index (χ0) is 16.2. The van der Waals surface area contributed by atoms with Crippen molar-refractivity contribution < 1.29 is 22.6 Å². The van der Waals surface area contributed by atoms with E-state index in [1.165, 1.54) is 24.3 Å². The van der Waals surface area contributed by atoms with Gasteiger partial charge >= 0.3 is 0 Å². The fourth-order valence-electron chi connectivity index (χ4n) is 2.55. The normalized spacial score (nSPS) is 13.7. The largest absolute Gasteiger partial charge is 0.398 e. The first-order valence-electron chi connectivity index (χ1n) is 6.11. The standard InChI is InChI=1S/C14H10N2O5S/c15-7-4-5-8(16)12-11(7)13(17)6-2-1-3-9(22(19,20)21)10(6)14(12)18/h1-5H,15-16H2,(H,19,20,21). The molecule has 0 amide bonds. The molecule has 2 aromatic rings. The van der Waals surface area contributed by atoms with E-state index in [1.54, 1.807) is 0 Å². The summed E-state index contributed by atoms with van der Waals surface area (Å²) in [5, 5.41) is 0. The monoisotopic (exact) mass is 318 g/mol. The molecule has 0 aromatic heterocycles. The van der Waals surface area contributed by atoms with Crippen molar-refractivity contribution in [1.82, 2.24) is 0 Å². The third kappa shape index (κ3) is 1.81. The number of carbonyl (C=O) groups excluding carboxylic acids is 2. The van der Waals surface area contributed by atoms with Crippen LogP contribution in [-0.4, -0.2) is 24.5 Å². The molecule has 0 saturated heterocycles. The van der Waals surface area contributed by atoms with Gasteiger partial charge in [-0.05, 0) is 18.2 Å². The summed E-state index contributed by atoms with van der Waals surface area (Å²) in [7, 11) is -4.67. The highest BCUT2D eigenvalue weighted by Crippen LogP contribution is 2.36. The second-order valence-electron chi connectivity index (χ2n) is 4.81. The van der Waals surface area contributed by atoms with E-state index in [9.17, 15) is 22.6 Å². The topological polar surface area (TPSA) is 141 Å². The van der Waals surface area contributed by atoms with Gasteiger partial charge in [0.05, 0.1) is 16.7 Å². The number of carbonyl (C=O) groups is 2. The maximum absolute atomic E-state index is 12.6. The molecule has 0 spiro atoms. The van der Waals surface area contributed by atoms with Gasteiger partial charge in [0.1, 0.15) is 4.90 Å². The van der Waals surface area contributed by atoms with Crippen molar-refractivity contribution in [3.8, 4) is 0 Å². The fraction of sp³-hybridized carbons (Fsp3) is 0. The number of benzene rings is 2. The van der Waals surface area contributed by atoms with E-state index in [4.69, 9.17) is 11.5 Å². The van der Waals surface area contributed by atoms with E-state index in [0.29, 0.717) is 0 Å². The summed E-state index contributed by atoms with van der Waals surface area (Å²) in [5.74, 6) is -1.37. The predicted octanol–water partition coefficient (Wildman–Crippen LogP) is 0.873. The van der Waals surface area contributed by atoms with Crippen LogP contribution in [0.2, 0.25) is 0 Å². The molecule has 0 unspecified atom stereocenters. The van der Waals surface area contributed by atoms with E-state index in [-0.39, 0.29) is 33.6 Å². The van der Waals surface area contributed by atoms with E-state index in [1.807, 2.05) is 0 Å². The average molecular weight is 318 g/mol. The SMILES string of the molecule is Nc1ccc(N)c2c1C(=O)c1cccc(S(=O)(=O)O)c1C2=O. The lowest BCUT2D eigenvalue weighted by Gasteiger charge is -2.21. The molecular formula is C14H10N2O5S. The summed E-state index contributed by atoms with van der Waals surface area (Å²) < 4.78 is 32.2. The Morgan fingerprint density at radius 1 is 0.818 bits per heavy atom. The molecule has 8 heteroatoms. The van der Waals surface area contributed by atoms with Crippen LogP contribution in [0.25, 0.3) is 0 Å². The number of ketones is 2. The van der Waals surface area contributed by atoms with Crippen molar-refractivity contribution in [3.63, 3.8) is 0 Å². The highest BCUT2D eigenvalue weighted by molar-refractivity contribution is 7.86. The molecule has 2 aromatic carbocycles. The summed E-state index contributed by atoms with van der Waals surface area (Å²) in [4.78, 5) is 24.5. The number of nitrogen functional groups attached to an aromatic ring is 2. The molecule has 5 N–H and O–H groups in total. The molecular weight excluding hydrogens is 308 g/mol. The maximum atomic E-state index is 12.6. The second-order valence-corrected chi connectivity index (χ2v) is 6.20. The van der Waals surface area contributed by atoms with Crippen molar-refractivity contribution in [2.75, 3.05) is 11.5 Å². The van der Waals surface area contributed by atoms with Gasteiger partial charge in [-0.15, -0.1) is 0 Å². The number of nitrogens with two attached hydrogens (primary N) is 2. The summed E-state index contributed by atoms with van der Waals surface area (Å²) in [6, 6.07) is 6.38. The van der Waals surface area contributed by atoms with Gasteiger partial charge in [0.25, 0.3) is 10.1 Å². The Morgan fingerprint density at radius 2 is 1.36 bits per heavy atom. The van der Waals surface area contributed by atoms with Crippen LogP contribution in [0.5, 0.6) is 0 Å². The van der Waals surface area contributed by atoms with Crippen LogP contribution in [0.3, 0.4) is 0 Å². The first-order valence-corrected chi connectivity index (χ1v) is 7.55. The van der Waals surface area contributed by atoms with E-state index >= 15 is 0 Å². The van der Waals surface area contributed by atoms with Crippen molar-refractivity contribution in [2.24, 2.45) is 0 Å². The quantitative estimate of drug-likeness (QED) is 0.446. The lowest BCUT2D eigenvalue weighted by atomic mass is 9.82. The van der Waals surface area contributed by atoms with Crippen LogP contribution in [0.1, 0.15) is 31.8 Å². The smallest absolute Gasteiger partial charge is 0.295 e. The van der Waals surface area contributed by atoms with Gasteiger partial charge in [-0.3, -0.25) is 14.1 Å². The first-order chi connectivity index (χ1) is 10.2. The van der Waals surface area contributed by atoms with Crippen molar-refractivity contribution in [1.29, 1.82) is 0 Å². The molecule has 3 rings (SSSR count). The Morgan fingerprint density at radius 3 is 1.91 bits per heavy atom. The summed E-state index contributed by atoms with van der Waals surface area (Å²) >= 11 is 0. The summed E-state index contributed by atoms with van der Waals surface area (Å²) in [6.07, 6.45) is 0. The highest BCUT2D eigenvalue weighted by Gasteiger charge is 2.36. The molecule has 0 bridgehead atoms. The van der Waals surface area contributed by atoms with Gasteiger partial charge in [-0.2, -0.15) is 8.42 Å². The molecule has 1 aliphatic carbocycles. The van der Waals surface area contributed by atoms with Crippen LogP contribution in [0.15, 0.2) is 35.2 Å². The van der Waals surface area contributed by atoms with Crippen LogP contribution >= 0.6 is 0 Å². The molecule has 22 heavy (non-hydrogen) atoms. The third-order valence-corrected chi connectivity index (χ3v) is 4.40. The molecule has 112 valence electrons. The van der Waals surface area contributed by atoms with Gasteiger partial charge in [0, 0.05) is 16.9 Å². The average Bonchev–Trinajstić information content (AvgIpc) is 2.45. The Bertz CT molecular complexity index is 963. The Kier molecular flexibility index (Phi) is 2.84. The minimum atomic E-state index is -4.67.